The number of nitrogens with zero attached hydrogens (tertiary/aromatic N) is 4. The van der Waals surface area contributed by atoms with Crippen LogP contribution in [0.2, 0.25) is 0 Å². The van der Waals surface area contributed by atoms with Crippen LogP contribution in [-0.4, -0.2) is 45.7 Å². The summed E-state index contributed by atoms with van der Waals surface area (Å²) in [6.07, 6.45) is 1.23. The molecule has 0 unspecified atom stereocenters. The number of hydrogen-bond acceptors (Lipinski definition) is 4. The van der Waals surface area contributed by atoms with Gasteiger partial charge in [-0.3, -0.25) is 5.10 Å². The Hall–Kier alpha value is -2.57. The van der Waals surface area contributed by atoms with Crippen molar-refractivity contribution in [1.29, 1.82) is 0 Å². The Morgan fingerprint density at radius 3 is 2.70 bits per heavy atom. The molecule has 1 fully saturated rings. The SMILES string of the molecule is FC(F)(F)c1cccc(CN=C(NCCc2ccco2)N2CCC(c3ncn[nH]3)CC2)c1.I. The summed E-state index contributed by atoms with van der Waals surface area (Å²) in [7, 11) is 0. The molecule has 1 aliphatic heterocycles. The minimum absolute atomic E-state index is 0. The zero-order valence-electron chi connectivity index (χ0n) is 17.9. The standard InChI is InChI=1S/C22H25F3N6O.HI/c23-22(24,25)18-4-1-3-16(13-18)14-27-21(26-9-6-19-5-2-12-32-19)31-10-7-17(8-11-31)20-28-15-29-30-20;/h1-5,12-13,15,17H,6-11,14H2,(H,26,27)(H,28,29,30);1H. The van der Waals surface area contributed by atoms with Gasteiger partial charge in [0.1, 0.15) is 17.9 Å². The molecule has 0 amide bonds. The van der Waals surface area contributed by atoms with E-state index in [0.717, 1.165) is 49.6 Å². The third-order valence-corrected chi connectivity index (χ3v) is 5.52. The Balaban J connectivity index is 0.00000306. The summed E-state index contributed by atoms with van der Waals surface area (Å²) in [6.45, 7) is 2.30. The average molecular weight is 574 g/mol. The van der Waals surface area contributed by atoms with Crippen LogP contribution in [0.4, 0.5) is 13.2 Å². The lowest BCUT2D eigenvalue weighted by Crippen LogP contribution is -2.46. The number of benzene rings is 1. The number of nitrogens with one attached hydrogen (secondary N) is 2. The molecule has 3 aromatic rings. The van der Waals surface area contributed by atoms with Gasteiger partial charge in [-0.15, -0.1) is 24.0 Å². The van der Waals surface area contributed by atoms with Crippen molar-refractivity contribution in [1.82, 2.24) is 25.4 Å². The molecule has 0 atom stereocenters. The number of alkyl halides is 3. The number of H-pyrrole nitrogens is 1. The number of aromatic amines is 1. The maximum Gasteiger partial charge on any atom is 0.416 e. The van der Waals surface area contributed by atoms with E-state index in [9.17, 15) is 13.2 Å². The molecule has 0 radical (unpaired) electrons. The Morgan fingerprint density at radius 2 is 2.03 bits per heavy atom. The Kier molecular flexibility index (Phi) is 8.75. The van der Waals surface area contributed by atoms with E-state index in [2.05, 4.69) is 30.4 Å². The molecule has 7 nitrogen and oxygen atoms in total. The van der Waals surface area contributed by atoms with Gasteiger partial charge in [0.15, 0.2) is 5.96 Å². The number of piperidine rings is 1. The third kappa shape index (κ3) is 6.95. The topological polar surface area (TPSA) is 82.3 Å². The summed E-state index contributed by atoms with van der Waals surface area (Å²) >= 11 is 0. The molecular weight excluding hydrogens is 548 g/mol. The molecule has 0 saturated carbocycles. The minimum atomic E-state index is -4.37. The van der Waals surface area contributed by atoms with E-state index in [1.54, 1.807) is 12.3 Å². The van der Waals surface area contributed by atoms with Crippen molar-refractivity contribution < 1.29 is 17.6 Å². The molecule has 0 spiro atoms. The molecule has 0 aliphatic carbocycles. The van der Waals surface area contributed by atoms with Crippen LogP contribution >= 0.6 is 24.0 Å². The molecule has 33 heavy (non-hydrogen) atoms. The van der Waals surface area contributed by atoms with Crippen LogP contribution in [0.3, 0.4) is 0 Å². The maximum atomic E-state index is 13.0. The second-order valence-electron chi connectivity index (χ2n) is 7.73. The zero-order valence-corrected chi connectivity index (χ0v) is 20.2. The van der Waals surface area contributed by atoms with E-state index in [-0.39, 0.29) is 30.5 Å². The number of rotatable bonds is 6. The van der Waals surface area contributed by atoms with Crippen LogP contribution in [0.25, 0.3) is 0 Å². The van der Waals surface area contributed by atoms with Crippen molar-refractivity contribution in [3.8, 4) is 0 Å². The van der Waals surface area contributed by atoms with E-state index in [1.807, 2.05) is 12.1 Å². The molecule has 2 aromatic heterocycles. The lowest BCUT2D eigenvalue weighted by molar-refractivity contribution is -0.137. The van der Waals surface area contributed by atoms with E-state index < -0.39 is 11.7 Å². The summed E-state index contributed by atoms with van der Waals surface area (Å²) in [6, 6.07) is 9.05. The predicted molar refractivity (Wildman–Crippen MR) is 128 cm³/mol. The Labute approximate surface area is 206 Å². The molecule has 2 N–H and O–H groups in total. The molecule has 4 rings (SSSR count). The van der Waals surface area contributed by atoms with Gasteiger partial charge in [-0.25, -0.2) is 9.98 Å². The first-order valence-electron chi connectivity index (χ1n) is 10.6. The van der Waals surface area contributed by atoms with Crippen LogP contribution in [0.15, 0.2) is 58.4 Å². The third-order valence-electron chi connectivity index (χ3n) is 5.52. The number of furan rings is 1. The first kappa shape index (κ1) is 25.1. The molecular formula is C22H26F3IN6O. The van der Waals surface area contributed by atoms with E-state index in [0.29, 0.717) is 30.4 Å². The van der Waals surface area contributed by atoms with Gasteiger partial charge in [-0.2, -0.15) is 18.3 Å². The van der Waals surface area contributed by atoms with Gasteiger partial charge in [0.2, 0.25) is 0 Å². The largest absolute Gasteiger partial charge is 0.469 e. The molecule has 1 aliphatic rings. The van der Waals surface area contributed by atoms with Crippen molar-refractivity contribution >= 4 is 29.9 Å². The van der Waals surface area contributed by atoms with Crippen LogP contribution in [0, 0.1) is 0 Å². The monoisotopic (exact) mass is 574 g/mol. The van der Waals surface area contributed by atoms with Crippen molar-refractivity contribution in [2.24, 2.45) is 4.99 Å². The number of hydrogen-bond donors (Lipinski definition) is 2. The van der Waals surface area contributed by atoms with Gasteiger partial charge in [0.25, 0.3) is 0 Å². The summed E-state index contributed by atoms with van der Waals surface area (Å²) in [5.74, 6) is 2.74. The highest BCUT2D eigenvalue weighted by Crippen LogP contribution is 2.30. The average Bonchev–Trinajstić information content (AvgIpc) is 3.50. The van der Waals surface area contributed by atoms with Gasteiger partial charge in [-0.1, -0.05) is 12.1 Å². The van der Waals surface area contributed by atoms with Crippen molar-refractivity contribution in [3.05, 3.63) is 71.7 Å². The van der Waals surface area contributed by atoms with E-state index in [4.69, 9.17) is 4.42 Å². The summed E-state index contributed by atoms with van der Waals surface area (Å²) in [5, 5.41) is 10.2. The molecule has 1 saturated heterocycles. The predicted octanol–water partition coefficient (Wildman–Crippen LogP) is 4.60. The lowest BCUT2D eigenvalue weighted by Gasteiger charge is -2.33. The molecule has 3 heterocycles. The van der Waals surface area contributed by atoms with E-state index >= 15 is 0 Å². The fraction of sp³-hybridized carbons (Fsp3) is 0.409. The van der Waals surface area contributed by atoms with Crippen LogP contribution in [0.5, 0.6) is 0 Å². The summed E-state index contributed by atoms with van der Waals surface area (Å²) in [4.78, 5) is 11.0. The van der Waals surface area contributed by atoms with Gasteiger partial charge in [0.05, 0.1) is 18.4 Å². The van der Waals surface area contributed by atoms with Gasteiger partial charge in [0, 0.05) is 32.0 Å². The van der Waals surface area contributed by atoms with Gasteiger partial charge < -0.3 is 14.6 Å². The molecule has 11 heteroatoms. The van der Waals surface area contributed by atoms with Crippen molar-refractivity contribution in [2.45, 2.75) is 37.9 Å². The van der Waals surface area contributed by atoms with E-state index in [1.165, 1.54) is 12.4 Å². The highest BCUT2D eigenvalue weighted by Gasteiger charge is 2.30. The van der Waals surface area contributed by atoms with Crippen LogP contribution in [-0.2, 0) is 19.1 Å². The first-order valence-corrected chi connectivity index (χ1v) is 10.6. The van der Waals surface area contributed by atoms with Crippen LogP contribution in [0.1, 0.15) is 41.5 Å². The second-order valence-corrected chi connectivity index (χ2v) is 7.73. The lowest BCUT2D eigenvalue weighted by atomic mass is 9.96. The molecule has 1 aromatic carbocycles. The Bertz CT molecular complexity index is 1000. The molecule has 0 bridgehead atoms. The maximum absolute atomic E-state index is 13.0. The fourth-order valence-corrected chi connectivity index (χ4v) is 3.81. The highest BCUT2D eigenvalue weighted by molar-refractivity contribution is 14.0. The quantitative estimate of drug-likeness (QED) is 0.256. The second kappa shape index (κ2) is 11.5. The van der Waals surface area contributed by atoms with Crippen LogP contribution < -0.4 is 5.32 Å². The minimum Gasteiger partial charge on any atom is -0.469 e. The molecule has 178 valence electrons. The smallest absolute Gasteiger partial charge is 0.416 e. The highest BCUT2D eigenvalue weighted by atomic mass is 127. The normalized spacial score (nSPS) is 15.4. The van der Waals surface area contributed by atoms with Gasteiger partial charge in [-0.05, 0) is 42.7 Å². The summed E-state index contributed by atoms with van der Waals surface area (Å²) < 4.78 is 44.5. The number of halogens is 4. The first-order chi connectivity index (χ1) is 15.5. The number of aromatic nitrogens is 3. The van der Waals surface area contributed by atoms with Gasteiger partial charge >= 0.3 is 6.18 Å². The zero-order chi connectivity index (χ0) is 22.4. The number of guanidine groups is 1. The summed E-state index contributed by atoms with van der Waals surface area (Å²) in [5.41, 5.74) is -0.146. The fourth-order valence-electron chi connectivity index (χ4n) is 3.81. The number of aliphatic imine (C=N–C) groups is 1. The number of likely N-dealkylation sites (tertiary alicyclic amines) is 1. The van der Waals surface area contributed by atoms with Crippen molar-refractivity contribution in [2.75, 3.05) is 19.6 Å². The van der Waals surface area contributed by atoms with Crippen molar-refractivity contribution in [3.63, 3.8) is 0 Å². The Morgan fingerprint density at radius 1 is 1.21 bits per heavy atom.